The Balaban J connectivity index is 1.64. The largest absolute Gasteiger partial charge is 0.444 e. The van der Waals surface area contributed by atoms with E-state index in [0.29, 0.717) is 32.5 Å². The Morgan fingerprint density at radius 1 is 0.714 bits per heavy atom. The first-order chi connectivity index (χ1) is 17.1. The Kier molecular flexibility index (Phi) is 5.20. The summed E-state index contributed by atoms with van der Waals surface area (Å²) in [5, 5.41) is 1.52. The van der Waals surface area contributed by atoms with Crippen LogP contribution in [-0.4, -0.2) is 14.4 Å². The van der Waals surface area contributed by atoms with Crippen LogP contribution in [0.3, 0.4) is 0 Å². The van der Waals surface area contributed by atoms with Crippen molar-refractivity contribution in [2.45, 2.75) is 0 Å². The van der Waals surface area contributed by atoms with Gasteiger partial charge in [0.2, 0.25) is 5.65 Å². The smallest absolute Gasteiger partial charge is 0.266 e. The molecule has 2 heterocycles. The molecule has 2 aromatic heterocycles. The molecule has 0 bridgehead atoms. The molecule has 0 unspecified atom stereocenters. The van der Waals surface area contributed by atoms with Crippen LogP contribution in [0, 0.1) is 11.6 Å². The second kappa shape index (κ2) is 8.53. The molecule has 5 nitrogen and oxygen atoms in total. The lowest BCUT2D eigenvalue weighted by Crippen LogP contribution is -2.20. The highest BCUT2D eigenvalue weighted by atomic mass is 31.1. The first-order valence-corrected chi connectivity index (χ1v) is 12.0. The summed E-state index contributed by atoms with van der Waals surface area (Å²) in [5.74, 6) is -0.774. The van der Waals surface area contributed by atoms with E-state index in [0.717, 1.165) is 0 Å². The van der Waals surface area contributed by atoms with Crippen LogP contribution in [0.5, 0.6) is 5.88 Å². The molecule has 0 amide bonds. The fourth-order valence-corrected chi connectivity index (χ4v) is 5.74. The standard InChI is InChI=1S/C27H16F2N3O2P/c28-17-7-5-9-19(15-17)35(20-10-6-8-18(29)16-20)34-26-25-30-22-12-2-1-11-21(22)27(33)32(25)24-14-4-3-13-23(24)31-26/h1-16H. The number of benzene rings is 4. The molecule has 0 radical (unpaired) electrons. The summed E-state index contributed by atoms with van der Waals surface area (Å²) in [6.45, 7) is 0. The van der Waals surface area contributed by atoms with E-state index >= 15 is 0 Å². The molecular formula is C27H16F2N3O2P. The van der Waals surface area contributed by atoms with Gasteiger partial charge in [0.15, 0.2) is 8.15 Å². The molecule has 0 atom stereocenters. The van der Waals surface area contributed by atoms with Gasteiger partial charge in [-0.1, -0.05) is 48.5 Å². The predicted octanol–water partition coefficient (Wildman–Crippen LogP) is 5.10. The topological polar surface area (TPSA) is 56.5 Å². The maximum Gasteiger partial charge on any atom is 0.266 e. The van der Waals surface area contributed by atoms with E-state index in [9.17, 15) is 13.6 Å². The quantitative estimate of drug-likeness (QED) is 0.199. The van der Waals surface area contributed by atoms with Gasteiger partial charge >= 0.3 is 0 Å². The Morgan fingerprint density at radius 3 is 2.03 bits per heavy atom. The van der Waals surface area contributed by atoms with Crippen molar-refractivity contribution in [1.29, 1.82) is 0 Å². The van der Waals surface area contributed by atoms with Gasteiger partial charge in [-0.25, -0.2) is 18.7 Å². The third-order valence-corrected chi connectivity index (χ3v) is 7.42. The summed E-state index contributed by atoms with van der Waals surface area (Å²) in [7, 11) is -1.74. The van der Waals surface area contributed by atoms with Crippen LogP contribution >= 0.6 is 8.15 Å². The van der Waals surface area contributed by atoms with Crippen molar-refractivity contribution in [1.82, 2.24) is 14.4 Å². The lowest BCUT2D eigenvalue weighted by atomic mass is 10.2. The zero-order chi connectivity index (χ0) is 23.9. The third-order valence-electron chi connectivity index (χ3n) is 5.57. The number of para-hydroxylation sites is 3. The molecule has 0 aliphatic carbocycles. The van der Waals surface area contributed by atoms with Gasteiger partial charge in [-0.05, 0) is 48.5 Å². The molecule has 170 valence electrons. The van der Waals surface area contributed by atoms with Gasteiger partial charge in [0.1, 0.15) is 11.6 Å². The fourth-order valence-electron chi connectivity index (χ4n) is 4.01. The second-order valence-electron chi connectivity index (χ2n) is 7.84. The lowest BCUT2D eigenvalue weighted by molar-refractivity contribution is 0.602. The number of hydrogen-bond donors (Lipinski definition) is 0. The minimum Gasteiger partial charge on any atom is -0.444 e. The average molecular weight is 483 g/mol. The summed E-state index contributed by atoms with van der Waals surface area (Å²) in [4.78, 5) is 22.9. The number of aromatic nitrogens is 3. The van der Waals surface area contributed by atoms with Crippen molar-refractivity contribution in [2.24, 2.45) is 0 Å². The summed E-state index contributed by atoms with van der Waals surface area (Å²) in [6.07, 6.45) is 0. The third kappa shape index (κ3) is 3.80. The van der Waals surface area contributed by atoms with Crippen molar-refractivity contribution < 1.29 is 13.3 Å². The van der Waals surface area contributed by atoms with Gasteiger partial charge in [0.05, 0.1) is 21.9 Å². The van der Waals surface area contributed by atoms with E-state index in [2.05, 4.69) is 4.98 Å². The zero-order valence-corrected chi connectivity index (χ0v) is 19.0. The maximum absolute atomic E-state index is 14.2. The van der Waals surface area contributed by atoms with Crippen LogP contribution in [0.1, 0.15) is 0 Å². The second-order valence-corrected chi connectivity index (χ2v) is 9.65. The zero-order valence-electron chi connectivity index (χ0n) is 18.1. The highest BCUT2D eigenvalue weighted by Crippen LogP contribution is 2.38. The molecule has 0 saturated carbocycles. The average Bonchev–Trinajstić information content (AvgIpc) is 2.87. The fraction of sp³-hybridized carbons (Fsp3) is 0. The van der Waals surface area contributed by atoms with Crippen LogP contribution in [-0.2, 0) is 0 Å². The molecule has 4 aromatic carbocycles. The van der Waals surface area contributed by atoms with E-state index in [1.165, 1.54) is 28.7 Å². The van der Waals surface area contributed by atoms with Crippen LogP contribution in [0.25, 0.3) is 27.6 Å². The van der Waals surface area contributed by atoms with E-state index in [4.69, 9.17) is 9.51 Å². The van der Waals surface area contributed by atoms with Crippen LogP contribution in [0.4, 0.5) is 8.78 Å². The Hall–Kier alpha value is -4.22. The number of rotatable bonds is 4. The van der Waals surface area contributed by atoms with Gasteiger partial charge in [-0.3, -0.25) is 9.20 Å². The molecule has 8 heteroatoms. The molecular weight excluding hydrogens is 467 g/mol. The van der Waals surface area contributed by atoms with Gasteiger partial charge in [0.25, 0.3) is 11.4 Å². The van der Waals surface area contributed by atoms with Crippen LogP contribution in [0.2, 0.25) is 0 Å². The minimum atomic E-state index is -1.74. The number of halogens is 2. The van der Waals surface area contributed by atoms with Crippen molar-refractivity contribution >= 4 is 46.3 Å². The van der Waals surface area contributed by atoms with Gasteiger partial charge in [-0.15, -0.1) is 0 Å². The molecule has 6 aromatic rings. The maximum atomic E-state index is 14.2. The van der Waals surface area contributed by atoms with E-state index in [-0.39, 0.29) is 17.1 Å². The molecule has 35 heavy (non-hydrogen) atoms. The first-order valence-electron chi connectivity index (χ1n) is 10.8. The van der Waals surface area contributed by atoms with E-state index in [1.54, 1.807) is 60.7 Å². The summed E-state index contributed by atoms with van der Waals surface area (Å²) < 4.78 is 36.2. The van der Waals surface area contributed by atoms with E-state index in [1.807, 2.05) is 12.1 Å². The number of nitrogens with zero attached hydrogens (tertiary/aromatic N) is 3. The normalized spacial score (nSPS) is 11.5. The SMILES string of the molecule is O=c1c2ccccc2nc2c(OP(c3cccc(F)c3)c3cccc(F)c3)nc3ccccc3n12. The van der Waals surface area contributed by atoms with Crippen molar-refractivity contribution in [3.05, 3.63) is 119 Å². The molecule has 0 spiro atoms. The molecule has 0 aliphatic heterocycles. The molecule has 0 N–H and O–H groups in total. The summed E-state index contributed by atoms with van der Waals surface area (Å²) in [5.41, 5.74) is 1.59. The summed E-state index contributed by atoms with van der Waals surface area (Å²) >= 11 is 0. The van der Waals surface area contributed by atoms with Crippen molar-refractivity contribution in [3.8, 4) is 5.88 Å². The predicted molar refractivity (Wildman–Crippen MR) is 134 cm³/mol. The molecule has 0 aliphatic rings. The Labute approximate surface area is 199 Å². The highest BCUT2D eigenvalue weighted by Gasteiger charge is 2.23. The van der Waals surface area contributed by atoms with Gasteiger partial charge < -0.3 is 4.52 Å². The van der Waals surface area contributed by atoms with Crippen molar-refractivity contribution in [2.75, 3.05) is 0 Å². The van der Waals surface area contributed by atoms with Gasteiger partial charge in [0, 0.05) is 10.6 Å². The van der Waals surface area contributed by atoms with Crippen molar-refractivity contribution in [3.63, 3.8) is 0 Å². The molecule has 6 rings (SSSR count). The molecule has 0 fully saturated rings. The summed E-state index contributed by atoms with van der Waals surface area (Å²) in [6, 6.07) is 26.2. The van der Waals surface area contributed by atoms with Gasteiger partial charge in [-0.2, -0.15) is 0 Å². The number of fused-ring (bicyclic) bond motifs is 4. The Morgan fingerprint density at radius 2 is 1.34 bits per heavy atom. The monoisotopic (exact) mass is 483 g/mol. The van der Waals surface area contributed by atoms with E-state index < -0.39 is 19.8 Å². The first kappa shape index (κ1) is 21.3. The highest BCUT2D eigenvalue weighted by molar-refractivity contribution is 7.68. The minimum absolute atomic E-state index is 0.103. The van der Waals surface area contributed by atoms with Crippen LogP contribution in [0.15, 0.2) is 102 Å². The Bertz CT molecular complexity index is 1760. The lowest BCUT2D eigenvalue weighted by Gasteiger charge is -2.20. The molecule has 0 saturated heterocycles. The van der Waals surface area contributed by atoms with Crippen LogP contribution < -0.4 is 20.7 Å². The number of hydrogen-bond acceptors (Lipinski definition) is 4.